The zero-order chi connectivity index (χ0) is 14.1. The molecule has 0 spiro atoms. The fourth-order valence-electron chi connectivity index (χ4n) is 1.99. The second kappa shape index (κ2) is 5.09. The number of aryl methyl sites for hydroxylation is 1. The average molecular weight is 289 g/mol. The molecule has 2 aromatic heterocycles. The Morgan fingerprint density at radius 3 is 2.90 bits per heavy atom. The van der Waals surface area contributed by atoms with E-state index in [1.165, 1.54) is 6.33 Å². The summed E-state index contributed by atoms with van der Waals surface area (Å²) in [5.41, 5.74) is 1.85. The lowest BCUT2D eigenvalue weighted by Crippen LogP contribution is -2.02. The lowest BCUT2D eigenvalue weighted by atomic mass is 10.1. The Labute approximate surface area is 121 Å². The Morgan fingerprint density at radius 2 is 2.10 bits per heavy atom. The monoisotopic (exact) mass is 288 g/mol. The molecule has 20 heavy (non-hydrogen) atoms. The summed E-state index contributed by atoms with van der Waals surface area (Å²) < 4.78 is 7.57. The van der Waals surface area contributed by atoms with E-state index in [0.717, 1.165) is 23.3 Å². The quantitative estimate of drug-likeness (QED) is 0.693. The van der Waals surface area contributed by atoms with E-state index in [2.05, 4.69) is 22.0 Å². The molecule has 0 amide bonds. The molecule has 0 N–H and O–H groups in total. The third kappa shape index (κ3) is 2.10. The van der Waals surface area contributed by atoms with Crippen molar-refractivity contribution in [2.45, 2.75) is 20.3 Å². The Hall–Kier alpha value is -2.14. The summed E-state index contributed by atoms with van der Waals surface area (Å²) in [5, 5.41) is 4.50. The molecule has 0 unspecified atom stereocenters. The van der Waals surface area contributed by atoms with Gasteiger partial charge >= 0.3 is 0 Å². The van der Waals surface area contributed by atoms with Gasteiger partial charge in [0.25, 0.3) is 5.78 Å². The van der Waals surface area contributed by atoms with Crippen LogP contribution in [0.3, 0.4) is 0 Å². The van der Waals surface area contributed by atoms with Gasteiger partial charge in [-0.2, -0.15) is 19.6 Å². The smallest absolute Gasteiger partial charge is 0.256 e. The van der Waals surface area contributed by atoms with Crippen LogP contribution in [0.5, 0.6) is 11.6 Å². The summed E-state index contributed by atoms with van der Waals surface area (Å²) in [6.07, 6.45) is 2.31. The van der Waals surface area contributed by atoms with Gasteiger partial charge in [0.1, 0.15) is 17.2 Å². The van der Waals surface area contributed by atoms with Gasteiger partial charge in [0.05, 0.1) is 0 Å². The van der Waals surface area contributed by atoms with Crippen LogP contribution in [0.4, 0.5) is 0 Å². The maximum Gasteiger partial charge on any atom is 0.256 e. The van der Waals surface area contributed by atoms with E-state index >= 15 is 0 Å². The van der Waals surface area contributed by atoms with Crippen molar-refractivity contribution in [1.29, 1.82) is 0 Å². The van der Waals surface area contributed by atoms with Crippen molar-refractivity contribution >= 4 is 17.4 Å². The molecule has 0 saturated carbocycles. The third-order valence-electron chi connectivity index (χ3n) is 3.11. The third-order valence-corrected chi connectivity index (χ3v) is 3.48. The van der Waals surface area contributed by atoms with Crippen LogP contribution in [0.25, 0.3) is 5.78 Å². The molecule has 6 heteroatoms. The molecule has 5 nitrogen and oxygen atoms in total. The first-order valence-corrected chi connectivity index (χ1v) is 6.70. The van der Waals surface area contributed by atoms with Crippen molar-refractivity contribution in [3.63, 3.8) is 0 Å². The summed E-state index contributed by atoms with van der Waals surface area (Å²) >= 11 is 6.12. The highest BCUT2D eigenvalue weighted by Gasteiger charge is 2.15. The van der Waals surface area contributed by atoms with E-state index in [0.29, 0.717) is 16.8 Å². The Bertz CT molecular complexity index is 769. The number of rotatable bonds is 3. The SMILES string of the molecule is CCc1ccccc1Oc1c(C)c(Cl)nc2ncnn12. The maximum atomic E-state index is 6.12. The molecule has 0 atom stereocenters. The normalized spacial score (nSPS) is 10.9. The van der Waals surface area contributed by atoms with Crippen molar-refractivity contribution < 1.29 is 4.74 Å². The fourth-order valence-corrected chi connectivity index (χ4v) is 2.15. The second-order valence-corrected chi connectivity index (χ2v) is 4.73. The van der Waals surface area contributed by atoms with Crippen LogP contribution < -0.4 is 4.74 Å². The lowest BCUT2D eigenvalue weighted by molar-refractivity contribution is 0.437. The highest BCUT2D eigenvalue weighted by atomic mass is 35.5. The highest BCUT2D eigenvalue weighted by Crippen LogP contribution is 2.30. The summed E-state index contributed by atoms with van der Waals surface area (Å²) in [6.45, 7) is 3.93. The molecule has 1 aromatic carbocycles. The number of fused-ring (bicyclic) bond motifs is 1. The predicted molar refractivity (Wildman–Crippen MR) is 76.4 cm³/mol. The fraction of sp³-hybridized carbons (Fsp3) is 0.214. The highest BCUT2D eigenvalue weighted by molar-refractivity contribution is 6.30. The Morgan fingerprint density at radius 1 is 1.30 bits per heavy atom. The topological polar surface area (TPSA) is 52.3 Å². The van der Waals surface area contributed by atoms with E-state index < -0.39 is 0 Å². The van der Waals surface area contributed by atoms with Gasteiger partial charge in [-0.25, -0.2) is 0 Å². The molecule has 3 rings (SSSR count). The molecule has 0 aliphatic heterocycles. The number of hydrogen-bond donors (Lipinski definition) is 0. The van der Waals surface area contributed by atoms with Crippen molar-refractivity contribution in [1.82, 2.24) is 19.6 Å². The van der Waals surface area contributed by atoms with Crippen LogP contribution in [0.1, 0.15) is 18.1 Å². The van der Waals surface area contributed by atoms with Crippen molar-refractivity contribution in [2.24, 2.45) is 0 Å². The number of hydrogen-bond acceptors (Lipinski definition) is 4. The van der Waals surface area contributed by atoms with Crippen molar-refractivity contribution in [2.75, 3.05) is 0 Å². The van der Waals surface area contributed by atoms with Crippen LogP contribution in [-0.4, -0.2) is 19.6 Å². The number of ether oxygens (including phenoxy) is 1. The molecule has 2 heterocycles. The van der Waals surface area contributed by atoms with Gasteiger partial charge in [-0.3, -0.25) is 0 Å². The first-order valence-electron chi connectivity index (χ1n) is 6.32. The van der Waals surface area contributed by atoms with E-state index in [-0.39, 0.29) is 0 Å². The number of nitrogens with zero attached hydrogens (tertiary/aromatic N) is 4. The van der Waals surface area contributed by atoms with Gasteiger partial charge in [0.2, 0.25) is 5.88 Å². The second-order valence-electron chi connectivity index (χ2n) is 4.37. The predicted octanol–water partition coefficient (Wildman–Crippen LogP) is 3.44. The van der Waals surface area contributed by atoms with Crippen LogP contribution in [0, 0.1) is 6.92 Å². The van der Waals surface area contributed by atoms with Crippen molar-refractivity contribution in [3.8, 4) is 11.6 Å². The number of para-hydroxylation sites is 1. The zero-order valence-electron chi connectivity index (χ0n) is 11.2. The zero-order valence-corrected chi connectivity index (χ0v) is 11.9. The van der Waals surface area contributed by atoms with Crippen molar-refractivity contribution in [3.05, 3.63) is 46.9 Å². The lowest BCUT2D eigenvalue weighted by Gasteiger charge is -2.13. The molecule has 0 bridgehead atoms. The van der Waals surface area contributed by atoms with Gasteiger partial charge in [0, 0.05) is 5.56 Å². The van der Waals surface area contributed by atoms with Gasteiger partial charge in [-0.05, 0) is 25.0 Å². The van der Waals surface area contributed by atoms with E-state index in [1.54, 1.807) is 4.52 Å². The van der Waals surface area contributed by atoms with Gasteiger partial charge < -0.3 is 4.74 Å². The largest absolute Gasteiger partial charge is 0.438 e. The number of benzene rings is 1. The molecule has 0 saturated heterocycles. The minimum atomic E-state index is 0.370. The molecular weight excluding hydrogens is 276 g/mol. The minimum Gasteiger partial charge on any atom is -0.438 e. The molecule has 102 valence electrons. The van der Waals surface area contributed by atoms with Gasteiger partial charge in [-0.1, -0.05) is 36.7 Å². The summed E-state index contributed by atoms with van der Waals surface area (Å²) in [7, 11) is 0. The Balaban J connectivity index is 2.15. The molecular formula is C14H13ClN4O. The van der Waals surface area contributed by atoms with Crippen LogP contribution in [0.2, 0.25) is 5.15 Å². The average Bonchev–Trinajstić information content (AvgIpc) is 2.92. The minimum absolute atomic E-state index is 0.370. The molecule has 0 radical (unpaired) electrons. The van der Waals surface area contributed by atoms with Crippen LogP contribution in [-0.2, 0) is 6.42 Å². The first kappa shape index (κ1) is 12.9. The van der Waals surface area contributed by atoms with Gasteiger partial charge in [0.15, 0.2) is 0 Å². The van der Waals surface area contributed by atoms with Crippen LogP contribution >= 0.6 is 11.6 Å². The molecule has 0 aliphatic rings. The Kier molecular flexibility index (Phi) is 3.28. The summed E-state index contributed by atoms with van der Waals surface area (Å²) in [5.74, 6) is 1.75. The van der Waals surface area contributed by atoms with E-state index in [4.69, 9.17) is 16.3 Å². The maximum absolute atomic E-state index is 6.12. The summed E-state index contributed by atoms with van der Waals surface area (Å²) in [4.78, 5) is 8.20. The molecule has 0 aliphatic carbocycles. The van der Waals surface area contributed by atoms with Crippen LogP contribution in [0.15, 0.2) is 30.6 Å². The standard InChI is InChI=1S/C14H13ClN4O/c1-3-10-6-4-5-7-11(10)20-13-9(2)12(15)18-14-16-8-17-19(13)14/h4-8H,3H2,1-2H3. The number of halogens is 1. The van der Waals surface area contributed by atoms with Gasteiger partial charge in [-0.15, -0.1) is 0 Å². The first-order chi connectivity index (χ1) is 9.70. The summed E-state index contributed by atoms with van der Waals surface area (Å²) in [6, 6.07) is 7.88. The number of aromatic nitrogens is 4. The van der Waals surface area contributed by atoms with E-state index in [1.807, 2.05) is 31.2 Å². The molecule has 0 fully saturated rings. The molecule has 3 aromatic rings. The van der Waals surface area contributed by atoms with E-state index in [9.17, 15) is 0 Å².